The van der Waals surface area contributed by atoms with E-state index in [1.54, 1.807) is 41.8 Å². The Balaban J connectivity index is 1.46. The Morgan fingerprint density at radius 2 is 1.88 bits per heavy atom. The second-order valence-electron chi connectivity index (χ2n) is 7.83. The van der Waals surface area contributed by atoms with Gasteiger partial charge in [0, 0.05) is 38.2 Å². The highest BCUT2D eigenvalue weighted by molar-refractivity contribution is 6.31. The third-order valence-electron chi connectivity index (χ3n) is 5.94. The lowest BCUT2D eigenvalue weighted by Crippen LogP contribution is -2.51. The van der Waals surface area contributed by atoms with Crippen LogP contribution in [0.25, 0.3) is 10.9 Å². The SMILES string of the molecule is COc1ccccc1NC(=O)N1CCN(C(C)c2nc3cc(Cl)ccc3c(=O)n2C)CC1. The Bertz CT molecular complexity index is 1200. The van der Waals surface area contributed by atoms with Gasteiger partial charge in [-0.1, -0.05) is 23.7 Å². The summed E-state index contributed by atoms with van der Waals surface area (Å²) in [4.78, 5) is 34.3. The molecule has 1 unspecified atom stereocenters. The van der Waals surface area contributed by atoms with Crippen molar-refractivity contribution < 1.29 is 9.53 Å². The molecule has 0 radical (unpaired) electrons. The highest BCUT2D eigenvalue weighted by Gasteiger charge is 2.27. The second-order valence-corrected chi connectivity index (χ2v) is 8.26. The summed E-state index contributed by atoms with van der Waals surface area (Å²) in [6, 6.07) is 12.2. The Morgan fingerprint density at radius 3 is 2.59 bits per heavy atom. The molecule has 1 atom stereocenters. The number of amides is 2. The van der Waals surface area contributed by atoms with Crippen LogP contribution >= 0.6 is 11.6 Å². The van der Waals surface area contributed by atoms with E-state index in [1.165, 1.54) is 0 Å². The van der Waals surface area contributed by atoms with Crippen molar-refractivity contribution in [3.05, 3.63) is 63.7 Å². The van der Waals surface area contributed by atoms with E-state index >= 15 is 0 Å². The minimum absolute atomic E-state index is 0.0875. The van der Waals surface area contributed by atoms with Crippen LogP contribution in [0.1, 0.15) is 18.8 Å². The first-order chi connectivity index (χ1) is 15.4. The summed E-state index contributed by atoms with van der Waals surface area (Å²) in [5, 5.41) is 4.02. The third kappa shape index (κ3) is 4.28. The molecular weight excluding hydrogens is 430 g/mol. The van der Waals surface area contributed by atoms with E-state index in [1.807, 2.05) is 31.2 Å². The molecule has 4 rings (SSSR count). The number of ether oxygens (including phenoxy) is 1. The van der Waals surface area contributed by atoms with E-state index in [0.29, 0.717) is 59.4 Å². The molecule has 1 aliphatic rings. The first kappa shape index (κ1) is 22.1. The molecule has 1 fully saturated rings. The number of methoxy groups -OCH3 is 1. The van der Waals surface area contributed by atoms with Gasteiger partial charge in [-0.25, -0.2) is 9.78 Å². The molecule has 168 valence electrons. The summed E-state index contributed by atoms with van der Waals surface area (Å²) in [6.07, 6.45) is 0. The van der Waals surface area contributed by atoms with Gasteiger partial charge in [0.05, 0.1) is 29.7 Å². The fraction of sp³-hybridized carbons (Fsp3) is 0.348. The van der Waals surface area contributed by atoms with Crippen LogP contribution in [0.15, 0.2) is 47.3 Å². The van der Waals surface area contributed by atoms with Gasteiger partial charge < -0.3 is 15.0 Å². The smallest absolute Gasteiger partial charge is 0.322 e. The van der Waals surface area contributed by atoms with Gasteiger partial charge in [0.1, 0.15) is 11.6 Å². The van der Waals surface area contributed by atoms with Crippen molar-refractivity contribution in [3.8, 4) is 5.75 Å². The summed E-state index contributed by atoms with van der Waals surface area (Å²) in [7, 11) is 3.32. The van der Waals surface area contributed by atoms with Crippen LogP contribution in [-0.4, -0.2) is 58.7 Å². The van der Waals surface area contributed by atoms with Gasteiger partial charge in [-0.3, -0.25) is 14.3 Å². The molecule has 1 aliphatic heterocycles. The lowest BCUT2D eigenvalue weighted by molar-refractivity contribution is 0.114. The number of fused-ring (bicyclic) bond motifs is 1. The fourth-order valence-electron chi connectivity index (χ4n) is 4.05. The standard InChI is InChI=1S/C23H26ClN5O3/c1-15(21-25-19-14-16(24)8-9-17(19)22(30)27(21)2)28-10-12-29(13-11-28)23(31)26-18-6-4-5-7-20(18)32-3/h4-9,14-15H,10-13H2,1-3H3,(H,26,31). The summed E-state index contributed by atoms with van der Waals surface area (Å²) in [5.74, 6) is 1.30. The summed E-state index contributed by atoms with van der Waals surface area (Å²) < 4.78 is 6.90. The molecule has 0 aliphatic carbocycles. The summed E-state index contributed by atoms with van der Waals surface area (Å²) >= 11 is 6.10. The van der Waals surface area contributed by atoms with Gasteiger partial charge in [0.2, 0.25) is 0 Å². The van der Waals surface area contributed by atoms with Crippen molar-refractivity contribution in [2.24, 2.45) is 7.05 Å². The number of hydrogen-bond acceptors (Lipinski definition) is 5. The predicted octanol–water partition coefficient (Wildman–Crippen LogP) is 3.51. The Kier molecular flexibility index (Phi) is 6.34. The highest BCUT2D eigenvalue weighted by Crippen LogP contribution is 2.25. The van der Waals surface area contributed by atoms with Crippen LogP contribution < -0.4 is 15.6 Å². The van der Waals surface area contributed by atoms with Gasteiger partial charge in [-0.2, -0.15) is 0 Å². The lowest BCUT2D eigenvalue weighted by Gasteiger charge is -2.38. The molecule has 2 heterocycles. The summed E-state index contributed by atoms with van der Waals surface area (Å²) in [6.45, 7) is 4.51. The number of hydrogen-bond donors (Lipinski definition) is 1. The van der Waals surface area contributed by atoms with Gasteiger partial charge in [-0.05, 0) is 37.3 Å². The molecule has 1 N–H and O–H groups in total. The van der Waals surface area contributed by atoms with E-state index in [0.717, 1.165) is 0 Å². The molecule has 8 nitrogen and oxygen atoms in total. The van der Waals surface area contributed by atoms with Gasteiger partial charge in [0.15, 0.2) is 0 Å². The zero-order chi connectivity index (χ0) is 22.8. The number of carbonyl (C=O) groups is 1. The zero-order valence-electron chi connectivity index (χ0n) is 18.3. The number of nitrogens with zero attached hydrogens (tertiary/aromatic N) is 4. The van der Waals surface area contributed by atoms with Crippen molar-refractivity contribution >= 4 is 34.2 Å². The molecule has 32 heavy (non-hydrogen) atoms. The normalized spacial score (nSPS) is 15.6. The van der Waals surface area contributed by atoms with Crippen molar-refractivity contribution in [1.82, 2.24) is 19.4 Å². The van der Waals surface area contributed by atoms with Crippen LogP contribution in [0.4, 0.5) is 10.5 Å². The Labute approximate surface area is 191 Å². The van der Waals surface area contributed by atoms with Crippen LogP contribution in [0, 0.1) is 0 Å². The molecule has 1 saturated heterocycles. The molecule has 1 aromatic heterocycles. The molecule has 0 bridgehead atoms. The number of piperazine rings is 1. The molecule has 9 heteroatoms. The minimum Gasteiger partial charge on any atom is -0.495 e. The van der Waals surface area contributed by atoms with E-state index in [-0.39, 0.29) is 17.6 Å². The second kappa shape index (κ2) is 9.18. The Hall–Kier alpha value is -3.10. The number of anilines is 1. The molecular formula is C23H26ClN5O3. The maximum Gasteiger partial charge on any atom is 0.322 e. The Morgan fingerprint density at radius 1 is 1.16 bits per heavy atom. The van der Waals surface area contributed by atoms with Crippen molar-refractivity contribution in [3.63, 3.8) is 0 Å². The van der Waals surface area contributed by atoms with E-state index in [4.69, 9.17) is 21.3 Å². The first-order valence-electron chi connectivity index (χ1n) is 10.5. The molecule has 3 aromatic rings. The van der Waals surface area contributed by atoms with Crippen LogP contribution in [0.3, 0.4) is 0 Å². The number of nitrogens with one attached hydrogen (secondary N) is 1. The number of para-hydroxylation sites is 2. The van der Waals surface area contributed by atoms with Crippen molar-refractivity contribution in [2.75, 3.05) is 38.6 Å². The van der Waals surface area contributed by atoms with E-state index in [9.17, 15) is 9.59 Å². The van der Waals surface area contributed by atoms with Crippen LogP contribution in [0.5, 0.6) is 5.75 Å². The number of rotatable bonds is 4. The number of urea groups is 1. The number of benzene rings is 2. The van der Waals surface area contributed by atoms with Gasteiger partial charge in [0.25, 0.3) is 5.56 Å². The van der Waals surface area contributed by atoms with Crippen molar-refractivity contribution in [2.45, 2.75) is 13.0 Å². The van der Waals surface area contributed by atoms with E-state index < -0.39 is 0 Å². The first-order valence-corrected chi connectivity index (χ1v) is 10.9. The third-order valence-corrected chi connectivity index (χ3v) is 6.18. The van der Waals surface area contributed by atoms with E-state index in [2.05, 4.69) is 10.2 Å². The maximum atomic E-state index is 12.8. The quantitative estimate of drug-likeness (QED) is 0.651. The van der Waals surface area contributed by atoms with Crippen LogP contribution in [-0.2, 0) is 7.05 Å². The number of halogens is 1. The average molecular weight is 456 g/mol. The van der Waals surface area contributed by atoms with Gasteiger partial charge in [-0.15, -0.1) is 0 Å². The number of aromatic nitrogens is 2. The van der Waals surface area contributed by atoms with Gasteiger partial charge >= 0.3 is 6.03 Å². The van der Waals surface area contributed by atoms with Crippen LogP contribution in [0.2, 0.25) is 5.02 Å². The fourth-order valence-corrected chi connectivity index (χ4v) is 4.22. The average Bonchev–Trinajstić information content (AvgIpc) is 2.81. The molecule has 2 aromatic carbocycles. The number of carbonyl (C=O) groups excluding carboxylic acids is 1. The highest BCUT2D eigenvalue weighted by atomic mass is 35.5. The largest absolute Gasteiger partial charge is 0.495 e. The topological polar surface area (TPSA) is 79.7 Å². The van der Waals surface area contributed by atoms with Crippen molar-refractivity contribution in [1.29, 1.82) is 0 Å². The predicted molar refractivity (Wildman–Crippen MR) is 126 cm³/mol. The monoisotopic (exact) mass is 455 g/mol. The maximum absolute atomic E-state index is 12.8. The zero-order valence-corrected chi connectivity index (χ0v) is 19.1. The molecule has 2 amide bonds. The molecule has 0 saturated carbocycles. The minimum atomic E-state index is -0.160. The summed E-state index contributed by atoms with van der Waals surface area (Å²) in [5.41, 5.74) is 1.14. The lowest BCUT2D eigenvalue weighted by atomic mass is 10.2. The molecule has 0 spiro atoms.